The number of hydrogen-bond acceptors (Lipinski definition) is 3. The lowest BCUT2D eigenvalue weighted by Crippen LogP contribution is -2.21. The van der Waals surface area contributed by atoms with Crippen molar-refractivity contribution < 1.29 is 9.90 Å². The third-order valence-corrected chi connectivity index (χ3v) is 4.44. The van der Waals surface area contributed by atoms with Crippen LogP contribution in [-0.4, -0.2) is 24.2 Å². The van der Waals surface area contributed by atoms with E-state index in [1.54, 1.807) is 11.3 Å². The third-order valence-electron chi connectivity index (χ3n) is 3.26. The van der Waals surface area contributed by atoms with Gasteiger partial charge in [-0.1, -0.05) is 18.2 Å². The lowest BCUT2D eigenvalue weighted by molar-refractivity contribution is -0.140. The van der Waals surface area contributed by atoms with Crippen LogP contribution in [0.1, 0.15) is 6.42 Å². The van der Waals surface area contributed by atoms with Crippen molar-refractivity contribution in [3.8, 4) is 0 Å². The molecule has 1 fully saturated rings. The molecule has 1 aromatic heterocycles. The maximum absolute atomic E-state index is 10.9. The molecule has 0 bridgehead atoms. The van der Waals surface area contributed by atoms with Crippen LogP contribution in [0.3, 0.4) is 0 Å². The second kappa shape index (κ2) is 4.04. The maximum atomic E-state index is 10.9. The first-order valence-electron chi connectivity index (χ1n) is 5.70. The normalized spacial score (nSPS) is 20.0. The van der Waals surface area contributed by atoms with Gasteiger partial charge in [-0.3, -0.25) is 4.79 Å². The molecule has 2 heterocycles. The van der Waals surface area contributed by atoms with Gasteiger partial charge in [0.15, 0.2) is 0 Å². The zero-order chi connectivity index (χ0) is 11.8. The summed E-state index contributed by atoms with van der Waals surface area (Å²) >= 11 is 1.74. The lowest BCUT2D eigenvalue weighted by Gasteiger charge is -2.14. The van der Waals surface area contributed by atoms with E-state index in [1.807, 2.05) is 12.1 Å². The topological polar surface area (TPSA) is 40.5 Å². The summed E-state index contributed by atoms with van der Waals surface area (Å²) in [5.74, 6) is -0.881. The number of benzene rings is 1. The van der Waals surface area contributed by atoms with Gasteiger partial charge in [-0.15, -0.1) is 11.3 Å². The van der Waals surface area contributed by atoms with Crippen LogP contribution < -0.4 is 4.90 Å². The average Bonchev–Trinajstić information content (AvgIpc) is 2.95. The van der Waals surface area contributed by atoms with Gasteiger partial charge in [0.05, 0.1) is 10.9 Å². The van der Waals surface area contributed by atoms with Crippen LogP contribution in [0.15, 0.2) is 30.3 Å². The number of anilines is 1. The van der Waals surface area contributed by atoms with E-state index in [9.17, 15) is 4.79 Å². The highest BCUT2D eigenvalue weighted by Gasteiger charge is 2.28. The number of rotatable bonds is 2. The van der Waals surface area contributed by atoms with Crippen LogP contribution >= 0.6 is 11.3 Å². The summed E-state index contributed by atoms with van der Waals surface area (Å²) in [5, 5.41) is 11.4. The first-order valence-corrected chi connectivity index (χ1v) is 6.52. The molecular weight excluding hydrogens is 234 g/mol. The number of carboxylic acids is 1. The van der Waals surface area contributed by atoms with Gasteiger partial charge >= 0.3 is 5.97 Å². The zero-order valence-corrected chi connectivity index (χ0v) is 10.1. The molecular formula is C13H13NO2S. The van der Waals surface area contributed by atoms with Crippen LogP contribution in [0.2, 0.25) is 0 Å². The van der Waals surface area contributed by atoms with Gasteiger partial charge in [0.1, 0.15) is 0 Å². The van der Waals surface area contributed by atoms with Crippen LogP contribution in [0, 0.1) is 5.92 Å². The highest BCUT2D eigenvalue weighted by molar-refractivity contribution is 7.22. The molecule has 0 radical (unpaired) electrons. The minimum atomic E-state index is -0.673. The van der Waals surface area contributed by atoms with E-state index >= 15 is 0 Å². The summed E-state index contributed by atoms with van der Waals surface area (Å²) in [6.07, 6.45) is 0.754. The van der Waals surface area contributed by atoms with Crippen molar-refractivity contribution >= 4 is 32.4 Å². The number of aliphatic carboxylic acids is 1. The van der Waals surface area contributed by atoms with E-state index in [0.29, 0.717) is 6.54 Å². The minimum absolute atomic E-state index is 0.208. The van der Waals surface area contributed by atoms with E-state index < -0.39 is 5.97 Å². The Labute approximate surface area is 103 Å². The fourth-order valence-electron chi connectivity index (χ4n) is 2.29. The summed E-state index contributed by atoms with van der Waals surface area (Å²) in [6, 6.07) is 10.4. The third kappa shape index (κ3) is 1.89. The molecule has 1 aromatic carbocycles. The number of hydrogen-bond donors (Lipinski definition) is 1. The highest BCUT2D eigenvalue weighted by atomic mass is 32.1. The number of fused-ring (bicyclic) bond motifs is 1. The van der Waals surface area contributed by atoms with Gasteiger partial charge < -0.3 is 10.0 Å². The maximum Gasteiger partial charge on any atom is 0.308 e. The Kier molecular flexibility index (Phi) is 2.52. The van der Waals surface area contributed by atoms with Crippen LogP contribution in [0.25, 0.3) is 10.1 Å². The molecule has 1 aliphatic rings. The van der Waals surface area contributed by atoms with Gasteiger partial charge in [0.2, 0.25) is 0 Å². The molecule has 3 rings (SSSR count). The van der Waals surface area contributed by atoms with Crippen LogP contribution in [0.4, 0.5) is 5.00 Å². The van der Waals surface area contributed by atoms with E-state index in [0.717, 1.165) is 13.0 Å². The first-order chi connectivity index (χ1) is 8.24. The quantitative estimate of drug-likeness (QED) is 0.887. The molecule has 88 valence electrons. The second-order valence-corrected chi connectivity index (χ2v) is 5.45. The summed E-state index contributed by atoms with van der Waals surface area (Å²) in [4.78, 5) is 13.1. The fraction of sp³-hybridized carbons (Fsp3) is 0.308. The molecule has 4 heteroatoms. The summed E-state index contributed by atoms with van der Waals surface area (Å²) in [6.45, 7) is 1.49. The second-order valence-electron chi connectivity index (χ2n) is 4.39. The Hall–Kier alpha value is -1.55. The van der Waals surface area contributed by atoms with Crippen LogP contribution in [-0.2, 0) is 4.79 Å². The number of carboxylic acid groups (broad SMARTS) is 1. The molecule has 0 aliphatic carbocycles. The first kappa shape index (κ1) is 10.6. The summed E-state index contributed by atoms with van der Waals surface area (Å²) in [7, 11) is 0. The molecule has 0 spiro atoms. The molecule has 1 N–H and O–H groups in total. The Bertz CT molecular complexity index is 530. The van der Waals surface area contributed by atoms with Gasteiger partial charge in [-0.25, -0.2) is 0 Å². The number of carbonyl (C=O) groups is 1. The van der Waals surface area contributed by atoms with Gasteiger partial charge in [-0.05, 0) is 23.9 Å². The molecule has 2 aromatic rings. The minimum Gasteiger partial charge on any atom is -0.481 e. The number of thiophene rings is 1. The predicted molar refractivity (Wildman–Crippen MR) is 69.8 cm³/mol. The lowest BCUT2D eigenvalue weighted by atomic mass is 10.1. The van der Waals surface area contributed by atoms with E-state index in [-0.39, 0.29) is 5.92 Å². The van der Waals surface area contributed by atoms with Gasteiger partial charge in [-0.2, -0.15) is 0 Å². The molecule has 1 unspecified atom stereocenters. The van der Waals surface area contributed by atoms with E-state index in [2.05, 4.69) is 23.1 Å². The monoisotopic (exact) mass is 247 g/mol. The molecule has 0 amide bonds. The van der Waals surface area contributed by atoms with Gasteiger partial charge in [0, 0.05) is 17.8 Å². The van der Waals surface area contributed by atoms with Crippen molar-refractivity contribution in [3.05, 3.63) is 30.3 Å². The molecule has 1 aliphatic heterocycles. The molecule has 0 saturated carbocycles. The van der Waals surface area contributed by atoms with E-state index in [1.165, 1.54) is 15.1 Å². The summed E-state index contributed by atoms with van der Waals surface area (Å²) in [5.41, 5.74) is 0. The Morgan fingerprint density at radius 2 is 2.24 bits per heavy atom. The Morgan fingerprint density at radius 1 is 1.41 bits per heavy atom. The Balaban J connectivity index is 1.87. The fourth-order valence-corrected chi connectivity index (χ4v) is 3.38. The zero-order valence-electron chi connectivity index (χ0n) is 9.30. The van der Waals surface area contributed by atoms with Crippen LogP contribution in [0.5, 0.6) is 0 Å². The van der Waals surface area contributed by atoms with Crippen molar-refractivity contribution in [2.24, 2.45) is 5.92 Å². The predicted octanol–water partition coefficient (Wildman–Crippen LogP) is 2.81. The smallest absolute Gasteiger partial charge is 0.308 e. The molecule has 17 heavy (non-hydrogen) atoms. The average molecular weight is 247 g/mol. The largest absolute Gasteiger partial charge is 0.481 e. The SMILES string of the molecule is O=C(O)C1CCN(c2cc3ccccc3s2)C1. The number of nitrogens with zero attached hydrogens (tertiary/aromatic N) is 1. The highest BCUT2D eigenvalue weighted by Crippen LogP contribution is 2.35. The molecule has 1 saturated heterocycles. The molecule has 1 atom stereocenters. The van der Waals surface area contributed by atoms with E-state index in [4.69, 9.17) is 5.11 Å². The molecule has 3 nitrogen and oxygen atoms in total. The standard InChI is InChI=1S/C13H13NO2S/c15-13(16)10-5-6-14(8-10)12-7-9-3-1-2-4-11(9)17-12/h1-4,7,10H,5-6,8H2,(H,15,16). The van der Waals surface area contributed by atoms with Crippen molar-refractivity contribution in [2.45, 2.75) is 6.42 Å². The van der Waals surface area contributed by atoms with Crippen molar-refractivity contribution in [2.75, 3.05) is 18.0 Å². The van der Waals surface area contributed by atoms with Gasteiger partial charge in [0.25, 0.3) is 0 Å². The van der Waals surface area contributed by atoms with Crippen molar-refractivity contribution in [1.29, 1.82) is 0 Å². The Morgan fingerprint density at radius 3 is 2.94 bits per heavy atom. The summed E-state index contributed by atoms with van der Waals surface area (Å²) < 4.78 is 1.27. The van der Waals surface area contributed by atoms with Crippen molar-refractivity contribution in [3.63, 3.8) is 0 Å². The van der Waals surface area contributed by atoms with Crippen molar-refractivity contribution in [1.82, 2.24) is 0 Å².